The number of benzene rings is 2. The van der Waals surface area contributed by atoms with Gasteiger partial charge in [0.05, 0.1) is 23.7 Å². The summed E-state index contributed by atoms with van der Waals surface area (Å²) >= 11 is 0. The van der Waals surface area contributed by atoms with Crippen LogP contribution in [-0.2, 0) is 11.2 Å². The van der Waals surface area contributed by atoms with Gasteiger partial charge in [0.1, 0.15) is 5.69 Å². The highest BCUT2D eigenvalue weighted by molar-refractivity contribution is 5.86. The summed E-state index contributed by atoms with van der Waals surface area (Å²) in [5.74, 6) is 0.0538. The van der Waals surface area contributed by atoms with Crippen LogP contribution < -0.4 is 10.5 Å². The van der Waals surface area contributed by atoms with Gasteiger partial charge in [-0.3, -0.25) is 14.2 Å². The first kappa shape index (κ1) is 20.2. The smallest absolute Gasteiger partial charge is 0.261 e. The van der Waals surface area contributed by atoms with Gasteiger partial charge in [0.15, 0.2) is 5.58 Å². The van der Waals surface area contributed by atoms with Crippen LogP contribution in [0.3, 0.4) is 0 Å². The molecule has 1 saturated heterocycles. The van der Waals surface area contributed by atoms with Crippen LogP contribution in [0.2, 0.25) is 0 Å². The molecule has 2 aromatic carbocycles. The fraction of sp³-hybridized carbons (Fsp3) is 0.333. The molecule has 1 amide bonds. The standard InChI is InChI=1S/C24H25N5O3/c1-16(2)29-15-25-20-13-17(7-8-19(20)24(29)31)27-9-11-28(12-10-27)23(30)14-21-18-5-3-4-6-22(18)32-26-21/h3-8,13,15-16H,9-12,14H2,1-2H3. The summed E-state index contributed by atoms with van der Waals surface area (Å²) < 4.78 is 6.96. The zero-order valence-electron chi connectivity index (χ0n) is 18.2. The molecular formula is C24H25N5O3. The second-order valence-corrected chi connectivity index (χ2v) is 8.42. The number of carbonyl (C=O) groups excluding carboxylic acids is 1. The molecule has 1 aliphatic rings. The zero-order valence-corrected chi connectivity index (χ0v) is 18.2. The fourth-order valence-corrected chi connectivity index (χ4v) is 4.22. The molecule has 8 nitrogen and oxygen atoms in total. The van der Waals surface area contributed by atoms with Crippen LogP contribution in [0.4, 0.5) is 5.69 Å². The predicted octanol–water partition coefficient (Wildman–Crippen LogP) is 3.01. The van der Waals surface area contributed by atoms with E-state index in [0.717, 1.165) is 24.2 Å². The van der Waals surface area contributed by atoms with E-state index < -0.39 is 0 Å². The molecular weight excluding hydrogens is 406 g/mol. The minimum absolute atomic E-state index is 0.0210. The summed E-state index contributed by atoms with van der Waals surface area (Å²) in [6.45, 7) is 6.65. The minimum Gasteiger partial charge on any atom is -0.368 e. The molecule has 5 rings (SSSR count). The molecule has 1 aliphatic heterocycles. The Bertz CT molecular complexity index is 1350. The fourth-order valence-electron chi connectivity index (χ4n) is 4.22. The average Bonchev–Trinajstić information content (AvgIpc) is 3.22. The summed E-state index contributed by atoms with van der Waals surface area (Å²) in [4.78, 5) is 34.1. The van der Waals surface area contributed by atoms with E-state index in [1.807, 2.05) is 61.2 Å². The maximum absolute atomic E-state index is 12.8. The third kappa shape index (κ3) is 3.62. The molecule has 8 heteroatoms. The highest BCUT2D eigenvalue weighted by Gasteiger charge is 2.23. The van der Waals surface area contributed by atoms with Gasteiger partial charge in [-0.05, 0) is 44.2 Å². The molecule has 0 spiro atoms. The Morgan fingerprint density at radius 3 is 2.62 bits per heavy atom. The number of para-hydroxylation sites is 1. The molecule has 164 valence electrons. The Morgan fingerprint density at radius 1 is 1.06 bits per heavy atom. The maximum Gasteiger partial charge on any atom is 0.261 e. The van der Waals surface area contributed by atoms with Crippen molar-refractivity contribution in [2.75, 3.05) is 31.1 Å². The molecule has 0 N–H and O–H groups in total. The zero-order chi connectivity index (χ0) is 22.2. The lowest BCUT2D eigenvalue weighted by atomic mass is 10.1. The van der Waals surface area contributed by atoms with E-state index in [-0.39, 0.29) is 23.9 Å². The highest BCUT2D eigenvalue weighted by Crippen LogP contribution is 2.22. The molecule has 3 heterocycles. The predicted molar refractivity (Wildman–Crippen MR) is 123 cm³/mol. The number of carbonyl (C=O) groups is 1. The van der Waals surface area contributed by atoms with E-state index >= 15 is 0 Å². The summed E-state index contributed by atoms with van der Waals surface area (Å²) in [6.07, 6.45) is 1.85. The first-order valence-corrected chi connectivity index (χ1v) is 10.9. The van der Waals surface area contributed by atoms with Gasteiger partial charge in [-0.1, -0.05) is 17.3 Å². The van der Waals surface area contributed by atoms with Crippen LogP contribution in [0.15, 0.2) is 58.1 Å². The largest absolute Gasteiger partial charge is 0.368 e. The van der Waals surface area contributed by atoms with Gasteiger partial charge in [0.2, 0.25) is 5.91 Å². The quantitative estimate of drug-likeness (QED) is 0.494. The van der Waals surface area contributed by atoms with Crippen molar-refractivity contribution < 1.29 is 9.32 Å². The van der Waals surface area contributed by atoms with Crippen LogP contribution >= 0.6 is 0 Å². The summed E-state index contributed by atoms with van der Waals surface area (Å²) in [6, 6.07) is 13.4. The number of aromatic nitrogens is 3. The monoisotopic (exact) mass is 431 g/mol. The van der Waals surface area contributed by atoms with Gasteiger partial charge < -0.3 is 14.3 Å². The molecule has 0 unspecified atom stereocenters. The number of fused-ring (bicyclic) bond motifs is 2. The van der Waals surface area contributed by atoms with Crippen molar-refractivity contribution >= 4 is 33.5 Å². The van der Waals surface area contributed by atoms with Gasteiger partial charge >= 0.3 is 0 Å². The number of hydrogen-bond donors (Lipinski definition) is 0. The van der Waals surface area contributed by atoms with E-state index in [0.29, 0.717) is 35.3 Å². The molecule has 1 fully saturated rings. The molecule has 0 radical (unpaired) electrons. The van der Waals surface area contributed by atoms with E-state index in [2.05, 4.69) is 15.0 Å². The average molecular weight is 431 g/mol. The second-order valence-electron chi connectivity index (χ2n) is 8.42. The maximum atomic E-state index is 12.8. The Morgan fingerprint density at radius 2 is 1.84 bits per heavy atom. The molecule has 0 saturated carbocycles. The van der Waals surface area contributed by atoms with Gasteiger partial charge in [-0.15, -0.1) is 0 Å². The van der Waals surface area contributed by atoms with E-state index in [1.165, 1.54) is 0 Å². The summed E-state index contributed by atoms with van der Waals surface area (Å²) in [5, 5.41) is 5.59. The lowest BCUT2D eigenvalue weighted by Crippen LogP contribution is -2.49. The van der Waals surface area contributed by atoms with Gasteiger partial charge in [0, 0.05) is 43.3 Å². The second kappa shape index (κ2) is 8.11. The van der Waals surface area contributed by atoms with Crippen molar-refractivity contribution in [1.29, 1.82) is 0 Å². The van der Waals surface area contributed by atoms with Crippen molar-refractivity contribution in [2.45, 2.75) is 26.3 Å². The first-order chi connectivity index (χ1) is 15.5. The van der Waals surface area contributed by atoms with Crippen LogP contribution in [0.25, 0.3) is 21.9 Å². The third-order valence-electron chi connectivity index (χ3n) is 6.09. The van der Waals surface area contributed by atoms with E-state index in [1.54, 1.807) is 10.9 Å². The van der Waals surface area contributed by atoms with Crippen molar-refractivity contribution in [2.24, 2.45) is 0 Å². The van der Waals surface area contributed by atoms with Gasteiger partial charge in [-0.2, -0.15) is 0 Å². The van der Waals surface area contributed by atoms with Crippen molar-refractivity contribution in [1.82, 2.24) is 19.6 Å². The van der Waals surface area contributed by atoms with Gasteiger partial charge in [0.25, 0.3) is 5.56 Å². The number of anilines is 1. The highest BCUT2D eigenvalue weighted by atomic mass is 16.5. The topological polar surface area (TPSA) is 84.5 Å². The molecule has 0 atom stereocenters. The molecule has 0 aliphatic carbocycles. The number of amides is 1. The number of nitrogens with zero attached hydrogens (tertiary/aromatic N) is 5. The van der Waals surface area contributed by atoms with Crippen molar-refractivity contribution in [3.63, 3.8) is 0 Å². The number of rotatable bonds is 4. The van der Waals surface area contributed by atoms with E-state index in [9.17, 15) is 9.59 Å². The number of piperazine rings is 1. The Kier molecular flexibility index (Phi) is 5.13. The molecule has 2 aromatic heterocycles. The normalized spacial score (nSPS) is 14.6. The van der Waals surface area contributed by atoms with E-state index in [4.69, 9.17) is 4.52 Å². The van der Waals surface area contributed by atoms with Gasteiger partial charge in [-0.25, -0.2) is 4.98 Å². The van der Waals surface area contributed by atoms with Crippen molar-refractivity contribution in [3.8, 4) is 0 Å². The van der Waals surface area contributed by atoms with Crippen LogP contribution in [0.5, 0.6) is 0 Å². The molecule has 32 heavy (non-hydrogen) atoms. The lowest BCUT2D eigenvalue weighted by molar-refractivity contribution is -0.130. The Hall–Kier alpha value is -3.68. The third-order valence-corrected chi connectivity index (χ3v) is 6.09. The minimum atomic E-state index is -0.0210. The van der Waals surface area contributed by atoms with Crippen LogP contribution in [0.1, 0.15) is 25.6 Å². The van der Waals surface area contributed by atoms with Crippen molar-refractivity contribution in [3.05, 3.63) is 64.8 Å². The summed E-state index contributed by atoms with van der Waals surface area (Å²) in [7, 11) is 0. The molecule has 0 bridgehead atoms. The Balaban J connectivity index is 1.27. The lowest BCUT2D eigenvalue weighted by Gasteiger charge is -2.36. The number of hydrogen-bond acceptors (Lipinski definition) is 6. The summed E-state index contributed by atoms with van der Waals surface area (Å²) in [5.41, 5.74) is 3.07. The van der Waals surface area contributed by atoms with Crippen LogP contribution in [-0.4, -0.2) is 51.7 Å². The first-order valence-electron chi connectivity index (χ1n) is 10.9. The van der Waals surface area contributed by atoms with Crippen LogP contribution in [0, 0.1) is 0 Å². The molecule has 4 aromatic rings. The Labute approximate surface area is 185 Å². The SMILES string of the molecule is CC(C)n1cnc2cc(N3CCN(C(=O)Cc4noc5ccccc45)CC3)ccc2c1=O.